The van der Waals surface area contributed by atoms with Gasteiger partial charge in [-0.2, -0.15) is 0 Å². The van der Waals surface area contributed by atoms with E-state index in [1.807, 2.05) is 26.0 Å². The molecule has 2 aromatic carbocycles. The molecule has 198 valence electrons. The number of rotatable bonds is 7. The highest BCUT2D eigenvalue weighted by molar-refractivity contribution is 5.78. The van der Waals surface area contributed by atoms with Crippen molar-refractivity contribution in [3.05, 3.63) is 65.2 Å². The van der Waals surface area contributed by atoms with Crippen LogP contribution < -0.4 is 4.74 Å². The van der Waals surface area contributed by atoms with Crippen LogP contribution in [0.5, 0.6) is 5.75 Å². The number of methoxy groups -OCH3 is 1. The number of aryl methyl sites for hydroxylation is 1. The van der Waals surface area contributed by atoms with E-state index >= 15 is 0 Å². The van der Waals surface area contributed by atoms with E-state index in [9.17, 15) is 4.79 Å². The van der Waals surface area contributed by atoms with Gasteiger partial charge in [0, 0.05) is 13.0 Å². The number of ether oxygens (including phenoxy) is 1. The van der Waals surface area contributed by atoms with Crippen LogP contribution in [0.3, 0.4) is 0 Å². The summed E-state index contributed by atoms with van der Waals surface area (Å²) in [6.45, 7) is 17.8. The van der Waals surface area contributed by atoms with Crippen LogP contribution in [-0.2, 0) is 11.2 Å². The minimum Gasteiger partial charge on any atom is -0.497 e. The van der Waals surface area contributed by atoms with Crippen molar-refractivity contribution in [1.29, 1.82) is 0 Å². The number of amides is 1. The second kappa shape index (κ2) is 20.0. The van der Waals surface area contributed by atoms with E-state index in [0.717, 1.165) is 25.1 Å². The van der Waals surface area contributed by atoms with Crippen LogP contribution in [0.2, 0.25) is 0 Å². The summed E-state index contributed by atoms with van der Waals surface area (Å²) in [5.74, 6) is 1.58. The molecule has 3 rings (SSSR count). The van der Waals surface area contributed by atoms with Gasteiger partial charge in [-0.3, -0.25) is 4.79 Å². The number of hydrogen-bond acceptors (Lipinski definition) is 2. The lowest BCUT2D eigenvalue weighted by Gasteiger charge is -2.39. The van der Waals surface area contributed by atoms with Gasteiger partial charge in [0.05, 0.1) is 13.2 Å². The minimum absolute atomic E-state index is 0.190. The Morgan fingerprint density at radius 2 is 1.37 bits per heavy atom. The van der Waals surface area contributed by atoms with Crippen molar-refractivity contribution < 1.29 is 9.53 Å². The van der Waals surface area contributed by atoms with Gasteiger partial charge in [0.2, 0.25) is 5.91 Å². The maximum atomic E-state index is 12.7. The Morgan fingerprint density at radius 3 is 1.83 bits per heavy atom. The molecule has 0 aliphatic carbocycles. The van der Waals surface area contributed by atoms with Crippen LogP contribution in [0, 0.1) is 12.8 Å². The van der Waals surface area contributed by atoms with Crippen molar-refractivity contribution in [3.63, 3.8) is 0 Å². The van der Waals surface area contributed by atoms with Crippen LogP contribution >= 0.6 is 0 Å². The summed E-state index contributed by atoms with van der Waals surface area (Å²) in [6, 6.07) is 16.9. The van der Waals surface area contributed by atoms with Crippen molar-refractivity contribution in [1.82, 2.24) is 4.90 Å². The highest BCUT2D eigenvalue weighted by Gasteiger charge is 2.32. The fourth-order valence-corrected chi connectivity index (χ4v) is 3.61. The van der Waals surface area contributed by atoms with Gasteiger partial charge in [-0.25, -0.2) is 0 Å². The third kappa shape index (κ3) is 12.8. The summed E-state index contributed by atoms with van der Waals surface area (Å²) in [4.78, 5) is 14.8. The zero-order valence-electron chi connectivity index (χ0n) is 24.2. The van der Waals surface area contributed by atoms with Gasteiger partial charge in [-0.1, -0.05) is 116 Å². The molecule has 0 radical (unpaired) electrons. The molecule has 2 aromatic rings. The van der Waals surface area contributed by atoms with E-state index in [1.54, 1.807) is 7.11 Å². The smallest absolute Gasteiger partial charge is 0.223 e. The number of carbonyl (C=O) groups excluding carboxylic acids is 1. The molecular weight excluding hydrogens is 430 g/mol. The van der Waals surface area contributed by atoms with E-state index in [-0.39, 0.29) is 11.9 Å². The van der Waals surface area contributed by atoms with Gasteiger partial charge in [0.1, 0.15) is 5.75 Å². The number of benzene rings is 2. The number of piperidine rings is 1. The Balaban J connectivity index is 0.000000994. The zero-order chi connectivity index (χ0) is 26.6. The van der Waals surface area contributed by atoms with Crippen molar-refractivity contribution in [2.45, 2.75) is 106 Å². The number of likely N-dealkylation sites (tertiary alicyclic amines) is 1. The number of hydrogen-bond donors (Lipinski definition) is 0. The lowest BCUT2D eigenvalue weighted by molar-refractivity contribution is -0.138. The van der Waals surface area contributed by atoms with Crippen molar-refractivity contribution in [2.24, 2.45) is 5.92 Å². The van der Waals surface area contributed by atoms with Gasteiger partial charge in [-0.15, -0.1) is 0 Å². The Morgan fingerprint density at radius 1 is 0.857 bits per heavy atom. The molecule has 1 fully saturated rings. The fourth-order valence-electron chi connectivity index (χ4n) is 3.61. The average Bonchev–Trinajstić information content (AvgIpc) is 2.90. The summed E-state index contributed by atoms with van der Waals surface area (Å²) < 4.78 is 5.21. The topological polar surface area (TPSA) is 29.5 Å². The summed E-state index contributed by atoms with van der Waals surface area (Å²) in [5, 5.41) is 0. The number of nitrogens with zero attached hydrogens (tertiary/aromatic N) is 1. The zero-order valence-corrected chi connectivity index (χ0v) is 24.2. The molecule has 1 aliphatic heterocycles. The maximum absolute atomic E-state index is 12.7. The number of carbonyl (C=O) groups is 1. The second-order valence-corrected chi connectivity index (χ2v) is 9.16. The van der Waals surface area contributed by atoms with E-state index in [0.29, 0.717) is 12.3 Å². The Kier molecular flexibility index (Phi) is 18.7. The van der Waals surface area contributed by atoms with E-state index in [1.165, 1.54) is 42.4 Å². The molecule has 0 aromatic heterocycles. The van der Waals surface area contributed by atoms with Crippen molar-refractivity contribution in [3.8, 4) is 5.75 Å². The second-order valence-electron chi connectivity index (χ2n) is 9.16. The molecular formula is C32H53NO2. The van der Waals surface area contributed by atoms with Gasteiger partial charge in [-0.05, 0) is 48.9 Å². The first-order chi connectivity index (χ1) is 16.9. The molecule has 3 nitrogen and oxygen atoms in total. The maximum Gasteiger partial charge on any atom is 0.223 e. The van der Waals surface area contributed by atoms with Crippen LogP contribution in [-0.4, -0.2) is 24.5 Å². The largest absolute Gasteiger partial charge is 0.497 e. The number of unbranched alkanes of at least 4 members (excludes halogenated alkanes) is 2. The van der Waals surface area contributed by atoms with Crippen LogP contribution in [0.1, 0.15) is 110 Å². The van der Waals surface area contributed by atoms with E-state index in [4.69, 9.17) is 4.74 Å². The third-order valence-corrected chi connectivity index (χ3v) is 6.11. The Labute approximate surface area is 217 Å². The van der Waals surface area contributed by atoms with Gasteiger partial charge in [0.25, 0.3) is 0 Å². The third-order valence-electron chi connectivity index (χ3n) is 6.11. The average molecular weight is 484 g/mol. The summed E-state index contributed by atoms with van der Waals surface area (Å²) >= 11 is 0. The van der Waals surface area contributed by atoms with Crippen LogP contribution in [0.4, 0.5) is 0 Å². The molecule has 1 heterocycles. The predicted molar refractivity (Wildman–Crippen MR) is 153 cm³/mol. The molecule has 2 unspecified atom stereocenters. The molecule has 35 heavy (non-hydrogen) atoms. The molecule has 1 aliphatic rings. The van der Waals surface area contributed by atoms with E-state index in [2.05, 4.69) is 82.8 Å². The molecule has 0 spiro atoms. The molecule has 0 bridgehead atoms. The summed E-state index contributed by atoms with van der Waals surface area (Å²) in [5.41, 5.74) is 3.74. The molecule has 0 N–H and O–H groups in total. The minimum atomic E-state index is 0.190. The first-order valence-corrected chi connectivity index (χ1v) is 13.9. The Bertz CT molecular complexity index is 759. The van der Waals surface area contributed by atoms with Crippen LogP contribution in [0.25, 0.3) is 0 Å². The lowest BCUT2D eigenvalue weighted by Crippen LogP contribution is -2.41. The first-order valence-electron chi connectivity index (χ1n) is 13.9. The normalized spacial score (nSPS) is 16.6. The first kappa shape index (κ1) is 32.7. The lowest BCUT2D eigenvalue weighted by atomic mass is 9.87. The summed E-state index contributed by atoms with van der Waals surface area (Å²) in [6.07, 6.45) is 7.84. The molecule has 1 saturated heterocycles. The van der Waals surface area contributed by atoms with Crippen LogP contribution in [0.15, 0.2) is 48.5 Å². The quantitative estimate of drug-likeness (QED) is 0.393. The van der Waals surface area contributed by atoms with Gasteiger partial charge >= 0.3 is 0 Å². The SMILES string of the molecule is CC.CCCC.CCCC.COc1ccc(CCN2C(=O)CC(C)CC2c2ccc(C)cc2)cc1. The monoisotopic (exact) mass is 483 g/mol. The highest BCUT2D eigenvalue weighted by atomic mass is 16.5. The molecule has 3 heteroatoms. The predicted octanol–water partition coefficient (Wildman–Crippen LogP) is 9.18. The molecule has 2 atom stereocenters. The fraction of sp³-hybridized carbons (Fsp3) is 0.594. The molecule has 1 amide bonds. The standard InChI is InChI=1S/C22H27NO2.2C4H10.C2H6/c1-16-4-8-19(9-5-16)21-14-17(2)15-22(24)23(21)13-12-18-6-10-20(25-3)11-7-18;2*1-3-4-2;1-2/h4-11,17,21H,12-15H2,1-3H3;2*3-4H2,1-2H3;1-2H3. The summed E-state index contributed by atoms with van der Waals surface area (Å²) in [7, 11) is 1.68. The van der Waals surface area contributed by atoms with E-state index < -0.39 is 0 Å². The van der Waals surface area contributed by atoms with Gasteiger partial charge < -0.3 is 9.64 Å². The van der Waals surface area contributed by atoms with Crippen molar-refractivity contribution in [2.75, 3.05) is 13.7 Å². The highest BCUT2D eigenvalue weighted by Crippen LogP contribution is 2.35. The van der Waals surface area contributed by atoms with Gasteiger partial charge in [0.15, 0.2) is 0 Å². The molecule has 0 saturated carbocycles. The Hall–Kier alpha value is -2.29. The van der Waals surface area contributed by atoms with Crippen molar-refractivity contribution >= 4 is 5.91 Å².